The van der Waals surface area contributed by atoms with E-state index in [0.717, 1.165) is 146 Å². The molecule has 4 aliphatic rings. The Morgan fingerprint density at radius 2 is 0.977 bits per heavy atom. The number of aliphatic hydroxyl groups is 6. The van der Waals surface area contributed by atoms with Crippen molar-refractivity contribution in [1.82, 2.24) is 49.8 Å². The average Bonchev–Trinajstić information content (AvgIpc) is 0.806. The molecule has 0 radical (unpaired) electrons. The Hall–Kier alpha value is -4.51. The summed E-state index contributed by atoms with van der Waals surface area (Å²) in [5, 5.41) is 66.3. The van der Waals surface area contributed by atoms with E-state index in [4.69, 9.17) is 23.7 Å². The number of nitrogens with one attached hydrogen (secondary N) is 2. The number of hydrogen-bond donors (Lipinski definition) is 9. The first-order chi connectivity index (χ1) is 60.1. The summed E-state index contributed by atoms with van der Waals surface area (Å²) in [7, 11) is 11.1. The molecule has 6 rings (SSSR count). The first kappa shape index (κ1) is 121. The number of benzene rings is 2. The molecule has 29 nitrogen and oxygen atoms in total. The lowest BCUT2D eigenvalue weighted by molar-refractivity contribution is -0.265. The van der Waals surface area contributed by atoms with E-state index in [1.54, 1.807) is 45.0 Å². The second-order valence-electron chi connectivity index (χ2n) is 39.1. The van der Waals surface area contributed by atoms with Crippen LogP contribution in [0.3, 0.4) is 0 Å². The molecular weight excluding hydrogens is 1650 g/mol. The molecule has 4 saturated heterocycles. The van der Waals surface area contributed by atoms with E-state index in [-0.39, 0.29) is 41.5 Å². The van der Waals surface area contributed by atoms with Crippen molar-refractivity contribution in [2.24, 2.45) is 35.5 Å². The number of ether oxygens (including phenoxy) is 5. The summed E-state index contributed by atoms with van der Waals surface area (Å²) in [6, 6.07) is 16.4. The second-order valence-corrected chi connectivity index (χ2v) is 41.6. The maximum atomic E-state index is 11.9. The highest BCUT2D eigenvalue weighted by Crippen LogP contribution is 2.36. The van der Waals surface area contributed by atoms with Crippen LogP contribution in [0.1, 0.15) is 218 Å². The van der Waals surface area contributed by atoms with E-state index in [9.17, 15) is 68.9 Å². The topological polar surface area (TPSA) is 357 Å². The average molecular weight is 1840 g/mol. The van der Waals surface area contributed by atoms with Crippen molar-refractivity contribution in [3.05, 3.63) is 65.2 Å². The van der Waals surface area contributed by atoms with Crippen LogP contribution < -0.4 is 15.4 Å². The number of Topliss-reactive ketones (excluding diaryl/α,β-unsaturated/α-hetero) is 5. The smallest absolute Gasteiger partial charge is 0.239 e. The van der Waals surface area contributed by atoms with Crippen molar-refractivity contribution in [1.29, 1.82) is 0 Å². The highest BCUT2D eigenvalue weighted by molar-refractivity contribution is 7.57. The van der Waals surface area contributed by atoms with E-state index in [1.807, 2.05) is 31.3 Å². The Labute approximate surface area is 774 Å². The summed E-state index contributed by atoms with van der Waals surface area (Å²) in [6.07, 6.45) is 1.45. The van der Waals surface area contributed by atoms with Crippen LogP contribution in [0.5, 0.6) is 5.75 Å². The molecule has 30 heteroatoms. The van der Waals surface area contributed by atoms with Crippen LogP contribution in [0.15, 0.2) is 48.5 Å². The van der Waals surface area contributed by atoms with Gasteiger partial charge in [-0.15, -0.1) is 0 Å². The van der Waals surface area contributed by atoms with Crippen LogP contribution in [0.4, 0.5) is 0 Å². The number of ketones is 5. The highest BCUT2D eigenvalue weighted by atomic mass is 31.2. The largest absolute Gasteiger partial charge is 0.462 e. The molecule has 2 aromatic rings. The van der Waals surface area contributed by atoms with Gasteiger partial charge in [0.2, 0.25) is 12.2 Å². The first-order valence-electron chi connectivity index (χ1n) is 47.8. The molecule has 1 amide bonds. The number of aliphatic hydroxyl groups excluding tert-OH is 6. The van der Waals surface area contributed by atoms with Crippen LogP contribution in [0.2, 0.25) is 0 Å². The van der Waals surface area contributed by atoms with Gasteiger partial charge < -0.3 is 99.2 Å². The van der Waals surface area contributed by atoms with E-state index >= 15 is 0 Å². The van der Waals surface area contributed by atoms with Crippen LogP contribution in [0.25, 0.3) is 0 Å². The molecule has 0 spiro atoms. The third kappa shape index (κ3) is 56.0. The molecule has 0 aromatic heterocycles. The summed E-state index contributed by atoms with van der Waals surface area (Å²) < 4.78 is 39.3. The molecule has 744 valence electrons. The van der Waals surface area contributed by atoms with Gasteiger partial charge in [-0.25, -0.2) is 0 Å². The highest BCUT2D eigenvalue weighted by Gasteiger charge is 2.48. The number of piperidine rings is 2. The van der Waals surface area contributed by atoms with Crippen molar-refractivity contribution >= 4 is 42.2 Å². The van der Waals surface area contributed by atoms with Crippen molar-refractivity contribution < 1.29 is 92.5 Å². The molecule has 2 aromatic carbocycles. The fourth-order valence-electron chi connectivity index (χ4n) is 14.8. The van der Waals surface area contributed by atoms with Gasteiger partial charge in [-0.2, -0.15) is 0 Å². The fourth-order valence-corrected chi connectivity index (χ4v) is 15.5. The van der Waals surface area contributed by atoms with Crippen LogP contribution in [-0.2, 0) is 71.8 Å². The SMILES string of the molecule is CC(=O)C1OC(Oc2ccc(CN(C)CCC(C)C)cc2)C(O)C(O)C1O.CC(=O)CCN(C)CCC(C)C.CC(=O)CN1CCC(N(C)CCC(C)C)CC1.CC(C)CCN(CCCP(C)(=O)O)C1CCN(C)CC1.CNC(CC(C)=O)C(=O)N(C)CCC(C)C.CNCCOCCOCCN(CCC(C)C)Cc1ccc(CC2OC(C(C)=O)C(O)C(O)C2O)cc1. The van der Waals surface area contributed by atoms with Crippen LogP contribution in [-0.4, -0.2) is 376 Å². The van der Waals surface area contributed by atoms with Crippen molar-refractivity contribution in [2.45, 2.75) is 300 Å². The Kier molecular flexibility index (Phi) is 64.2. The number of nitrogens with zero attached hydrogens (tertiary/aromatic N) is 8. The first-order valence-corrected chi connectivity index (χ1v) is 50.1. The molecule has 4 aliphatic heterocycles. The second kappa shape index (κ2) is 67.6. The molecule has 128 heavy (non-hydrogen) atoms. The van der Waals surface area contributed by atoms with Crippen LogP contribution in [0, 0.1) is 35.5 Å². The number of likely N-dealkylation sites (tertiary alicyclic amines) is 2. The Morgan fingerprint density at radius 3 is 1.48 bits per heavy atom. The van der Waals surface area contributed by atoms with E-state index in [1.165, 1.54) is 97.6 Å². The zero-order valence-electron chi connectivity index (χ0n) is 84.1. The van der Waals surface area contributed by atoms with Gasteiger partial charge in [0.15, 0.2) is 18.9 Å². The summed E-state index contributed by atoms with van der Waals surface area (Å²) in [6.45, 7) is 54.5. The predicted molar refractivity (Wildman–Crippen MR) is 515 cm³/mol. The molecule has 4 fully saturated rings. The summed E-state index contributed by atoms with van der Waals surface area (Å²) in [4.78, 5) is 95.7. The maximum absolute atomic E-state index is 11.9. The summed E-state index contributed by atoms with van der Waals surface area (Å²) in [5.41, 5.74) is 3.21. The lowest BCUT2D eigenvalue weighted by Gasteiger charge is -2.39. The Balaban J connectivity index is 0.000000798. The lowest BCUT2D eigenvalue weighted by atomic mass is 9.90. The zero-order chi connectivity index (χ0) is 96.9. The van der Waals surface area contributed by atoms with Gasteiger partial charge >= 0.3 is 0 Å². The third-order valence-corrected chi connectivity index (χ3v) is 24.6. The standard InChI is InChI=1S/C27H46N2O7.C20H31NO6.C15H33N2O2P.C14H28N2O.C12H24N2O2.C10H21NO/c1-19(2)9-11-29(12-14-35-16-15-34-13-10-28-4)18-22-7-5-21(6-8-22)17-23-24(31)25(32)26(33)27(36-23)20(3)30;1-12(2)9-10-21(4)11-14-5-7-15(8-6-14)26-20-18(25)16(23)17(24)19(27-20)13(3)22;1-14(2)6-12-17(9-5-13-20(4,18)19)15-7-10-16(3)11-8-15;1-12(2)5-8-15(4)14-6-9-16(10-7-14)11-13(3)17;1-9(2)6-7-14(5)12(16)11(13-4)8-10(3)15;1-9(2)5-7-11(4)8-6-10(3)12/h5-8,19,23-28,31-33H,9-18H2,1-4H3;5-8,12,16-20,23-25H,9-11H2,1-4H3;14-15H,5-13H2,1-4H3,(H,18,19);12,14H,5-11H2,1-4H3;9,11,13H,6-8H2,1-5H3;9H,5-8H2,1-4H3. The van der Waals surface area contributed by atoms with Gasteiger partial charge in [0.25, 0.3) is 0 Å². The quantitative estimate of drug-likeness (QED) is 0.0220. The number of carbonyl (C=O) groups excluding carboxylic acids is 6. The minimum Gasteiger partial charge on any atom is -0.462 e. The van der Waals surface area contributed by atoms with Crippen LogP contribution >= 0.6 is 7.37 Å². The van der Waals surface area contributed by atoms with E-state index < -0.39 is 74.4 Å². The number of rotatable bonds is 52. The van der Waals surface area contributed by atoms with E-state index in [2.05, 4.69) is 168 Å². The van der Waals surface area contributed by atoms with Gasteiger partial charge in [0.05, 0.1) is 45.1 Å². The molecule has 0 saturated carbocycles. The number of hydrogen-bond acceptors (Lipinski definition) is 27. The lowest BCUT2D eigenvalue weighted by Crippen LogP contribution is -2.60. The van der Waals surface area contributed by atoms with Gasteiger partial charge in [-0.05, 0) is 264 Å². The minimum atomic E-state index is -2.84. The predicted octanol–water partition coefficient (Wildman–Crippen LogP) is 9.45. The molecule has 12 unspecified atom stereocenters. The molecular formula is C98H183N10O19P. The molecule has 12 atom stereocenters. The molecule has 4 heterocycles. The number of amides is 1. The molecule has 0 aliphatic carbocycles. The molecule has 0 bridgehead atoms. The Morgan fingerprint density at radius 1 is 0.508 bits per heavy atom. The van der Waals surface area contributed by atoms with Gasteiger partial charge in [0, 0.05) is 104 Å². The Bertz CT molecular complexity index is 3310. The van der Waals surface area contributed by atoms with Crippen molar-refractivity contribution in [3.63, 3.8) is 0 Å². The van der Waals surface area contributed by atoms with Gasteiger partial charge in [-0.1, -0.05) is 119 Å². The van der Waals surface area contributed by atoms with Gasteiger partial charge in [-0.3, -0.25) is 43.1 Å². The monoisotopic (exact) mass is 1840 g/mol. The number of carbonyl (C=O) groups is 6. The fraction of sp³-hybridized carbons (Fsp3) is 0.816. The van der Waals surface area contributed by atoms with Crippen molar-refractivity contribution in [2.75, 3.05) is 187 Å². The van der Waals surface area contributed by atoms with Crippen molar-refractivity contribution in [3.8, 4) is 5.75 Å². The zero-order valence-corrected chi connectivity index (χ0v) is 85.0. The van der Waals surface area contributed by atoms with E-state index in [0.29, 0.717) is 81.5 Å². The maximum Gasteiger partial charge on any atom is 0.239 e. The molecule has 9 N–H and O–H groups in total. The third-order valence-electron chi connectivity index (χ3n) is 23.5. The summed E-state index contributed by atoms with van der Waals surface area (Å²) in [5.74, 6) is 4.35. The normalized spacial score (nSPS) is 21.5. The minimum absolute atomic E-state index is 0.00153. The number of likely N-dealkylation sites (N-methyl/N-ethyl adjacent to an activating group) is 3. The van der Waals surface area contributed by atoms with Gasteiger partial charge in [0.1, 0.15) is 71.9 Å². The summed E-state index contributed by atoms with van der Waals surface area (Å²) >= 11 is 0.